The van der Waals surface area contributed by atoms with Gasteiger partial charge in [0.25, 0.3) is 0 Å². The summed E-state index contributed by atoms with van der Waals surface area (Å²) in [6, 6.07) is 4.38. The topological polar surface area (TPSA) is 56.2 Å². The van der Waals surface area contributed by atoms with Crippen LogP contribution in [-0.2, 0) is 16.1 Å². The second-order valence-electron chi connectivity index (χ2n) is 5.01. The van der Waals surface area contributed by atoms with Gasteiger partial charge in [0, 0.05) is 18.9 Å². The third kappa shape index (κ3) is 5.05. The fraction of sp³-hybridized carbons (Fsp3) is 0.333. The number of aromatic nitrogens is 2. The first-order valence-electron chi connectivity index (χ1n) is 6.96. The van der Waals surface area contributed by atoms with Crippen molar-refractivity contribution < 1.29 is 27.1 Å². The van der Waals surface area contributed by atoms with E-state index < -0.39 is 31.1 Å². The molecule has 0 bridgehead atoms. The SMILES string of the molecule is Cc1nccn1-c1ccc(CNC(=O)COCC(F)(F)F)cc1F. The summed E-state index contributed by atoms with van der Waals surface area (Å²) >= 11 is 0. The Morgan fingerprint density at radius 3 is 2.71 bits per heavy atom. The van der Waals surface area contributed by atoms with Gasteiger partial charge >= 0.3 is 6.18 Å². The first-order chi connectivity index (χ1) is 11.3. The molecule has 0 atom stereocenters. The van der Waals surface area contributed by atoms with Crippen LogP contribution >= 0.6 is 0 Å². The van der Waals surface area contributed by atoms with Crippen molar-refractivity contribution in [1.29, 1.82) is 0 Å². The number of ether oxygens (including phenoxy) is 1. The van der Waals surface area contributed by atoms with Crippen LogP contribution in [0.25, 0.3) is 5.69 Å². The summed E-state index contributed by atoms with van der Waals surface area (Å²) in [6.45, 7) is -0.495. The Hall–Kier alpha value is -2.42. The molecule has 0 radical (unpaired) electrons. The van der Waals surface area contributed by atoms with Crippen LogP contribution in [0.3, 0.4) is 0 Å². The van der Waals surface area contributed by atoms with E-state index in [4.69, 9.17) is 0 Å². The molecular formula is C15H15F4N3O2. The van der Waals surface area contributed by atoms with Crippen molar-refractivity contribution in [3.8, 4) is 5.69 Å². The average Bonchev–Trinajstić information content (AvgIpc) is 2.90. The monoisotopic (exact) mass is 345 g/mol. The Kier molecular flexibility index (Phi) is 5.55. The first-order valence-corrected chi connectivity index (χ1v) is 6.96. The molecule has 1 aromatic heterocycles. The molecule has 1 N–H and O–H groups in total. The molecule has 0 aliphatic carbocycles. The van der Waals surface area contributed by atoms with Crippen molar-refractivity contribution >= 4 is 5.91 Å². The number of carbonyl (C=O) groups excluding carboxylic acids is 1. The van der Waals surface area contributed by atoms with Gasteiger partial charge in [-0.2, -0.15) is 13.2 Å². The van der Waals surface area contributed by atoms with E-state index >= 15 is 0 Å². The summed E-state index contributed by atoms with van der Waals surface area (Å²) in [4.78, 5) is 15.4. The smallest absolute Gasteiger partial charge is 0.362 e. The number of amides is 1. The zero-order valence-electron chi connectivity index (χ0n) is 12.7. The van der Waals surface area contributed by atoms with Gasteiger partial charge in [-0.25, -0.2) is 9.37 Å². The molecule has 0 saturated carbocycles. The van der Waals surface area contributed by atoms with Gasteiger partial charge in [-0.05, 0) is 24.6 Å². The minimum absolute atomic E-state index is 0.0195. The Morgan fingerprint density at radius 2 is 2.12 bits per heavy atom. The van der Waals surface area contributed by atoms with E-state index in [1.807, 2.05) is 0 Å². The summed E-state index contributed by atoms with van der Waals surface area (Å²) in [5.41, 5.74) is 0.784. The highest BCUT2D eigenvalue weighted by Crippen LogP contribution is 2.17. The van der Waals surface area contributed by atoms with Crippen molar-refractivity contribution in [2.75, 3.05) is 13.2 Å². The molecule has 0 saturated heterocycles. The van der Waals surface area contributed by atoms with Crippen LogP contribution < -0.4 is 5.32 Å². The number of halogens is 4. The van der Waals surface area contributed by atoms with Gasteiger partial charge in [-0.15, -0.1) is 0 Å². The van der Waals surface area contributed by atoms with Crippen LogP contribution in [0.4, 0.5) is 17.6 Å². The summed E-state index contributed by atoms with van der Waals surface area (Å²) in [5, 5.41) is 2.36. The number of nitrogens with zero attached hydrogens (tertiary/aromatic N) is 2. The van der Waals surface area contributed by atoms with Crippen LogP contribution in [0.15, 0.2) is 30.6 Å². The number of hydrogen-bond acceptors (Lipinski definition) is 3. The van der Waals surface area contributed by atoms with Crippen molar-refractivity contribution in [3.05, 3.63) is 47.8 Å². The minimum atomic E-state index is -4.48. The lowest BCUT2D eigenvalue weighted by atomic mass is 10.2. The minimum Gasteiger partial charge on any atom is -0.362 e. The summed E-state index contributed by atoms with van der Waals surface area (Å²) < 4.78 is 55.6. The quantitative estimate of drug-likeness (QED) is 0.819. The number of hydrogen-bond donors (Lipinski definition) is 1. The molecule has 0 aliphatic rings. The molecule has 9 heteroatoms. The molecule has 0 aliphatic heterocycles. The van der Waals surface area contributed by atoms with Gasteiger partial charge in [-0.3, -0.25) is 4.79 Å². The number of benzene rings is 1. The fourth-order valence-corrected chi connectivity index (χ4v) is 2.00. The van der Waals surface area contributed by atoms with Crippen LogP contribution in [0.2, 0.25) is 0 Å². The number of imidazole rings is 1. The number of aryl methyl sites for hydroxylation is 1. The highest BCUT2D eigenvalue weighted by atomic mass is 19.4. The maximum Gasteiger partial charge on any atom is 0.411 e. The second kappa shape index (κ2) is 7.43. The summed E-state index contributed by atoms with van der Waals surface area (Å²) in [6.07, 6.45) is -1.32. The third-order valence-electron chi connectivity index (χ3n) is 3.09. The largest absolute Gasteiger partial charge is 0.411 e. The lowest BCUT2D eigenvalue weighted by Crippen LogP contribution is -2.29. The average molecular weight is 345 g/mol. The van der Waals surface area contributed by atoms with Gasteiger partial charge in [0.05, 0.1) is 5.69 Å². The molecule has 130 valence electrons. The molecule has 1 aromatic carbocycles. The standard InChI is InChI=1S/C15H15F4N3O2/c1-10-20-4-5-22(10)13-3-2-11(6-12(13)16)7-21-14(23)8-24-9-15(17,18)19/h2-6H,7-9H2,1H3,(H,21,23). The van der Waals surface area contributed by atoms with E-state index in [2.05, 4.69) is 15.0 Å². The molecule has 1 amide bonds. The Bertz CT molecular complexity index is 713. The van der Waals surface area contributed by atoms with E-state index in [9.17, 15) is 22.4 Å². The molecular weight excluding hydrogens is 330 g/mol. The van der Waals surface area contributed by atoms with Gasteiger partial charge in [0.1, 0.15) is 24.9 Å². The van der Waals surface area contributed by atoms with Gasteiger partial charge < -0.3 is 14.6 Å². The maximum absolute atomic E-state index is 14.1. The van der Waals surface area contributed by atoms with Gasteiger partial charge in [-0.1, -0.05) is 6.07 Å². The van der Waals surface area contributed by atoms with Crippen LogP contribution in [0.5, 0.6) is 0 Å². The molecule has 24 heavy (non-hydrogen) atoms. The van der Waals surface area contributed by atoms with Crippen molar-refractivity contribution in [1.82, 2.24) is 14.9 Å². The highest BCUT2D eigenvalue weighted by molar-refractivity contribution is 5.77. The van der Waals surface area contributed by atoms with Crippen molar-refractivity contribution in [2.24, 2.45) is 0 Å². The lowest BCUT2D eigenvalue weighted by molar-refractivity contribution is -0.175. The molecule has 1 heterocycles. The Balaban J connectivity index is 1.89. The molecule has 2 rings (SSSR count). The molecule has 0 unspecified atom stereocenters. The van der Waals surface area contributed by atoms with Gasteiger partial charge in [0.2, 0.25) is 5.91 Å². The summed E-state index contributed by atoms with van der Waals surface area (Å²) in [5.74, 6) is -0.595. The zero-order valence-corrected chi connectivity index (χ0v) is 12.7. The lowest BCUT2D eigenvalue weighted by Gasteiger charge is -2.10. The van der Waals surface area contributed by atoms with Crippen molar-refractivity contribution in [3.63, 3.8) is 0 Å². The molecule has 0 fully saturated rings. The number of nitrogens with one attached hydrogen (secondary N) is 1. The highest BCUT2D eigenvalue weighted by Gasteiger charge is 2.27. The van der Waals surface area contributed by atoms with Gasteiger partial charge in [0.15, 0.2) is 0 Å². The molecule has 5 nitrogen and oxygen atoms in total. The van der Waals surface area contributed by atoms with E-state index in [0.29, 0.717) is 17.1 Å². The van der Waals surface area contributed by atoms with Crippen LogP contribution in [0.1, 0.15) is 11.4 Å². The van der Waals surface area contributed by atoms with Crippen molar-refractivity contribution in [2.45, 2.75) is 19.6 Å². The van der Waals surface area contributed by atoms with E-state index in [1.54, 1.807) is 30.0 Å². The van der Waals surface area contributed by atoms with E-state index in [0.717, 1.165) is 0 Å². The number of alkyl halides is 3. The number of rotatable bonds is 6. The normalized spacial score (nSPS) is 11.5. The van der Waals surface area contributed by atoms with Crippen LogP contribution in [-0.4, -0.2) is 34.8 Å². The third-order valence-corrected chi connectivity index (χ3v) is 3.09. The predicted molar refractivity (Wildman–Crippen MR) is 77.0 cm³/mol. The Labute approximate surface area is 135 Å². The van der Waals surface area contributed by atoms with E-state index in [-0.39, 0.29) is 6.54 Å². The van der Waals surface area contributed by atoms with E-state index in [1.165, 1.54) is 12.1 Å². The molecule has 0 spiro atoms. The zero-order chi connectivity index (χ0) is 17.7. The summed E-state index contributed by atoms with van der Waals surface area (Å²) in [7, 11) is 0. The fourth-order valence-electron chi connectivity index (χ4n) is 2.00. The first kappa shape index (κ1) is 17.9. The Morgan fingerprint density at radius 1 is 1.38 bits per heavy atom. The predicted octanol–water partition coefficient (Wildman–Crippen LogP) is 2.51. The molecule has 2 aromatic rings. The number of carbonyl (C=O) groups is 1. The van der Waals surface area contributed by atoms with Crippen LogP contribution in [0, 0.1) is 12.7 Å². The maximum atomic E-state index is 14.1. The second-order valence-corrected chi connectivity index (χ2v) is 5.01.